The Kier molecular flexibility index (Phi) is 4.53. The van der Waals surface area contributed by atoms with Crippen LogP contribution in [0.25, 0.3) is 11.0 Å². The second-order valence-corrected chi connectivity index (χ2v) is 6.33. The maximum absolute atomic E-state index is 9.69. The fraction of sp³-hybridized carbons (Fsp3) is 0.316. The van der Waals surface area contributed by atoms with Gasteiger partial charge in [-0.1, -0.05) is 6.92 Å². The van der Waals surface area contributed by atoms with Crippen molar-refractivity contribution in [3.05, 3.63) is 17.0 Å². The molecule has 0 saturated carbocycles. The van der Waals surface area contributed by atoms with Gasteiger partial charge in [0, 0.05) is 12.6 Å². The number of nitrogen functional groups attached to an aromatic ring is 1. The van der Waals surface area contributed by atoms with Gasteiger partial charge in [0.2, 0.25) is 0 Å². The molecule has 2 aromatic rings. The molecule has 9 heteroatoms. The van der Waals surface area contributed by atoms with Crippen LogP contribution in [0.15, 0.2) is 4.99 Å². The van der Waals surface area contributed by atoms with Gasteiger partial charge in [0.25, 0.3) is 0 Å². The molecule has 1 aliphatic rings. The summed E-state index contributed by atoms with van der Waals surface area (Å²) >= 11 is 0. The summed E-state index contributed by atoms with van der Waals surface area (Å²) in [4.78, 5) is 14.8. The van der Waals surface area contributed by atoms with E-state index in [9.17, 15) is 21.0 Å². The number of nitrogens with zero attached hydrogens (tertiary/aromatic N) is 8. The molecule has 0 bridgehead atoms. The monoisotopic (exact) mass is 369 g/mol. The van der Waals surface area contributed by atoms with Gasteiger partial charge in [-0.05, 0) is 13.3 Å². The number of nitriles is 4. The van der Waals surface area contributed by atoms with Crippen LogP contribution in [0.1, 0.15) is 36.2 Å². The van der Waals surface area contributed by atoms with E-state index in [4.69, 9.17) is 5.73 Å². The number of anilines is 2. The van der Waals surface area contributed by atoms with Gasteiger partial charge in [-0.15, -0.1) is 0 Å². The third-order valence-corrected chi connectivity index (χ3v) is 4.81. The Morgan fingerprint density at radius 2 is 1.86 bits per heavy atom. The van der Waals surface area contributed by atoms with E-state index < -0.39 is 12.0 Å². The highest BCUT2D eigenvalue weighted by Gasteiger charge is 2.36. The minimum absolute atomic E-state index is 0.0185. The number of hydrogen-bond acceptors (Lipinski definition) is 9. The molecule has 0 spiro atoms. The van der Waals surface area contributed by atoms with E-state index in [2.05, 4.69) is 27.1 Å². The molecule has 136 valence electrons. The number of hydrogen-bond donors (Lipinski definition) is 1. The van der Waals surface area contributed by atoms with Gasteiger partial charge in [0.05, 0.1) is 34.9 Å². The predicted molar refractivity (Wildman–Crippen MR) is 103 cm³/mol. The molecular weight excluding hydrogens is 354 g/mol. The molecule has 1 aromatic carbocycles. The van der Waals surface area contributed by atoms with Crippen molar-refractivity contribution in [2.24, 2.45) is 4.99 Å². The van der Waals surface area contributed by atoms with Gasteiger partial charge >= 0.3 is 0 Å². The molecule has 1 aliphatic heterocycles. The van der Waals surface area contributed by atoms with Crippen LogP contribution in [0, 0.1) is 52.2 Å². The minimum atomic E-state index is -0.936. The standard InChI is InChI=1S/C19H15N9/c1-4-10(5-20)28(3)19-14-11(6-21)13(8-23)27-16(14)18-17(15(19)24)25-9(2)12(7-22)26-18/h10-11H,4,24H2,1-3H3. The lowest BCUT2D eigenvalue weighted by atomic mass is 9.93. The molecule has 3 rings (SSSR count). The average molecular weight is 369 g/mol. The summed E-state index contributed by atoms with van der Waals surface area (Å²) in [6.07, 6.45) is 0.528. The van der Waals surface area contributed by atoms with Gasteiger partial charge in [0.15, 0.2) is 5.69 Å². The van der Waals surface area contributed by atoms with Crippen molar-refractivity contribution in [3.63, 3.8) is 0 Å². The molecular formula is C19H15N9. The molecule has 1 aromatic heterocycles. The highest BCUT2D eigenvalue weighted by Crippen LogP contribution is 2.49. The Morgan fingerprint density at radius 1 is 1.14 bits per heavy atom. The summed E-state index contributed by atoms with van der Waals surface area (Å²) in [6.45, 7) is 3.51. The summed E-state index contributed by atoms with van der Waals surface area (Å²) in [6, 6.07) is 7.73. The molecule has 0 aliphatic carbocycles. The van der Waals surface area contributed by atoms with Gasteiger partial charge in [0.1, 0.15) is 40.8 Å². The Labute approximate surface area is 161 Å². The third-order valence-electron chi connectivity index (χ3n) is 4.81. The van der Waals surface area contributed by atoms with Crippen LogP contribution in [-0.2, 0) is 0 Å². The number of nitrogens with two attached hydrogens (primary N) is 1. The van der Waals surface area contributed by atoms with Crippen molar-refractivity contribution in [1.82, 2.24) is 9.97 Å². The second kappa shape index (κ2) is 6.83. The molecule has 9 nitrogen and oxygen atoms in total. The van der Waals surface area contributed by atoms with Gasteiger partial charge < -0.3 is 10.6 Å². The Balaban J connectivity index is 2.50. The number of aromatic nitrogens is 2. The van der Waals surface area contributed by atoms with Crippen LogP contribution in [0.2, 0.25) is 0 Å². The molecule has 0 saturated heterocycles. The van der Waals surface area contributed by atoms with E-state index in [1.807, 2.05) is 19.1 Å². The topological polar surface area (TPSA) is 163 Å². The highest BCUT2D eigenvalue weighted by molar-refractivity contribution is 6.17. The fourth-order valence-corrected chi connectivity index (χ4v) is 3.39. The Bertz CT molecular complexity index is 1200. The van der Waals surface area contributed by atoms with E-state index in [1.54, 1.807) is 18.9 Å². The fourth-order valence-electron chi connectivity index (χ4n) is 3.39. The number of rotatable bonds is 3. The average Bonchev–Trinajstić information content (AvgIpc) is 3.07. The first-order valence-corrected chi connectivity index (χ1v) is 8.47. The van der Waals surface area contributed by atoms with Crippen molar-refractivity contribution >= 4 is 33.8 Å². The van der Waals surface area contributed by atoms with Crippen molar-refractivity contribution in [2.75, 3.05) is 17.7 Å². The van der Waals surface area contributed by atoms with Crippen LogP contribution in [-0.4, -0.2) is 28.8 Å². The van der Waals surface area contributed by atoms with E-state index in [1.165, 1.54) is 0 Å². The van der Waals surface area contributed by atoms with Crippen molar-refractivity contribution < 1.29 is 0 Å². The molecule has 0 fully saturated rings. The molecule has 0 amide bonds. The molecule has 2 unspecified atom stereocenters. The van der Waals surface area contributed by atoms with Crippen LogP contribution in [0.5, 0.6) is 0 Å². The second-order valence-electron chi connectivity index (χ2n) is 6.33. The van der Waals surface area contributed by atoms with E-state index in [0.717, 1.165) is 0 Å². The Hall–Kier alpha value is -4.21. The van der Waals surface area contributed by atoms with Crippen LogP contribution in [0.3, 0.4) is 0 Å². The smallest absolute Gasteiger partial charge is 0.162 e. The van der Waals surface area contributed by atoms with Crippen LogP contribution >= 0.6 is 0 Å². The molecule has 28 heavy (non-hydrogen) atoms. The molecule has 2 heterocycles. The lowest BCUT2D eigenvalue weighted by molar-refractivity contribution is 0.732. The first-order valence-electron chi connectivity index (χ1n) is 8.47. The van der Waals surface area contributed by atoms with Crippen LogP contribution < -0.4 is 10.6 Å². The van der Waals surface area contributed by atoms with Crippen molar-refractivity contribution in [3.8, 4) is 24.3 Å². The zero-order chi connectivity index (χ0) is 20.6. The van der Waals surface area contributed by atoms with Crippen molar-refractivity contribution in [1.29, 1.82) is 21.0 Å². The summed E-state index contributed by atoms with van der Waals surface area (Å²) in [5.41, 5.74) is 8.95. The lowest BCUT2D eigenvalue weighted by Crippen LogP contribution is -2.31. The number of aliphatic imine (C=N–C) groups is 1. The maximum Gasteiger partial charge on any atom is 0.162 e. The molecule has 0 radical (unpaired) electrons. The van der Waals surface area contributed by atoms with Gasteiger partial charge in [-0.25, -0.2) is 15.0 Å². The quantitative estimate of drug-likeness (QED) is 0.636. The normalized spacial score (nSPS) is 15.5. The number of benzene rings is 1. The largest absolute Gasteiger partial charge is 0.395 e. The predicted octanol–water partition coefficient (Wildman–Crippen LogP) is 2.35. The summed E-state index contributed by atoms with van der Waals surface area (Å²) in [5.74, 6) is -0.936. The van der Waals surface area contributed by atoms with E-state index in [0.29, 0.717) is 34.6 Å². The van der Waals surface area contributed by atoms with Crippen molar-refractivity contribution in [2.45, 2.75) is 32.2 Å². The van der Waals surface area contributed by atoms with Gasteiger partial charge in [-0.3, -0.25) is 0 Å². The SMILES string of the molecule is CCC(C#N)N(C)c1c2c(c3nc(C#N)c(C)nc3c1N)N=C(C#N)C2C#N. The number of fused-ring (bicyclic) bond motifs is 3. The van der Waals surface area contributed by atoms with E-state index in [-0.39, 0.29) is 22.6 Å². The summed E-state index contributed by atoms with van der Waals surface area (Å²) in [7, 11) is 1.71. The first-order chi connectivity index (χ1) is 13.4. The minimum Gasteiger partial charge on any atom is -0.395 e. The van der Waals surface area contributed by atoms with Gasteiger partial charge in [-0.2, -0.15) is 21.0 Å². The zero-order valence-electron chi connectivity index (χ0n) is 15.5. The van der Waals surface area contributed by atoms with Crippen LogP contribution in [0.4, 0.5) is 17.1 Å². The Morgan fingerprint density at radius 3 is 2.39 bits per heavy atom. The molecule has 2 N–H and O–H groups in total. The summed E-state index contributed by atoms with van der Waals surface area (Å²) in [5, 5.41) is 37.9. The number of aryl methyl sites for hydroxylation is 1. The third kappa shape index (κ3) is 2.47. The first kappa shape index (κ1) is 18.6. The lowest BCUT2D eigenvalue weighted by Gasteiger charge is -2.28. The highest BCUT2D eigenvalue weighted by atomic mass is 15.2. The zero-order valence-corrected chi connectivity index (χ0v) is 15.5. The van der Waals surface area contributed by atoms with E-state index >= 15 is 0 Å². The maximum atomic E-state index is 9.69. The molecule has 2 atom stereocenters. The summed E-state index contributed by atoms with van der Waals surface area (Å²) < 4.78 is 0.